The molecule has 0 saturated carbocycles. The second kappa shape index (κ2) is 5.71. The van der Waals surface area contributed by atoms with Crippen molar-refractivity contribution in [1.82, 2.24) is 14.5 Å². The van der Waals surface area contributed by atoms with E-state index in [1.807, 2.05) is 11.1 Å². The van der Waals surface area contributed by atoms with Crippen molar-refractivity contribution in [1.29, 1.82) is 0 Å². The van der Waals surface area contributed by atoms with Gasteiger partial charge in [0, 0.05) is 31.4 Å². The molecule has 2 heterocycles. The van der Waals surface area contributed by atoms with E-state index in [0.29, 0.717) is 25.6 Å². The fourth-order valence-electron chi connectivity index (χ4n) is 2.55. The van der Waals surface area contributed by atoms with Crippen molar-refractivity contribution in [2.24, 2.45) is 0 Å². The van der Waals surface area contributed by atoms with Crippen LogP contribution < -0.4 is 0 Å². The molecule has 1 N–H and O–H groups in total. The predicted molar refractivity (Wildman–Crippen MR) is 69.4 cm³/mol. The molecule has 2 rings (SSSR count). The molecule has 0 bridgehead atoms. The van der Waals surface area contributed by atoms with Crippen LogP contribution in [0.15, 0.2) is 12.4 Å². The van der Waals surface area contributed by atoms with Crippen LogP contribution in [0.2, 0.25) is 0 Å². The maximum Gasteiger partial charge on any atom is 0.323 e. The monoisotopic (exact) mass is 267 g/mol. The highest BCUT2D eigenvalue weighted by atomic mass is 16.5. The Kier molecular flexibility index (Phi) is 4.21. The first-order valence-electron chi connectivity index (χ1n) is 6.54. The van der Waals surface area contributed by atoms with E-state index in [1.165, 1.54) is 7.11 Å². The number of aliphatic hydroxyl groups is 1. The van der Waals surface area contributed by atoms with Crippen molar-refractivity contribution >= 4 is 5.97 Å². The molecule has 0 aromatic carbocycles. The summed E-state index contributed by atoms with van der Waals surface area (Å²) in [6.07, 6.45) is 3.63. The maximum absolute atomic E-state index is 11.7. The number of esters is 1. The summed E-state index contributed by atoms with van der Waals surface area (Å²) >= 11 is 0. The van der Waals surface area contributed by atoms with Gasteiger partial charge in [0.2, 0.25) is 0 Å². The number of carbonyl (C=O) groups is 1. The van der Waals surface area contributed by atoms with Crippen LogP contribution >= 0.6 is 0 Å². The van der Waals surface area contributed by atoms with Crippen molar-refractivity contribution < 1.29 is 14.6 Å². The predicted octanol–water partition coefficient (Wildman–Crippen LogP) is 0.572. The number of carbonyl (C=O) groups excluding carboxylic acids is 1. The Labute approximate surface area is 113 Å². The zero-order valence-corrected chi connectivity index (χ0v) is 11.6. The third-order valence-corrected chi connectivity index (χ3v) is 3.50. The van der Waals surface area contributed by atoms with Gasteiger partial charge in [0.25, 0.3) is 0 Å². The quantitative estimate of drug-likeness (QED) is 0.808. The van der Waals surface area contributed by atoms with E-state index in [1.54, 1.807) is 6.20 Å². The van der Waals surface area contributed by atoms with Crippen LogP contribution in [-0.4, -0.2) is 51.3 Å². The molecule has 0 radical (unpaired) electrons. The van der Waals surface area contributed by atoms with Crippen LogP contribution in [0.3, 0.4) is 0 Å². The van der Waals surface area contributed by atoms with Gasteiger partial charge in [0.15, 0.2) is 0 Å². The number of aromatic nitrogens is 2. The van der Waals surface area contributed by atoms with Gasteiger partial charge >= 0.3 is 5.97 Å². The van der Waals surface area contributed by atoms with Crippen LogP contribution in [0.5, 0.6) is 0 Å². The Morgan fingerprint density at radius 1 is 1.63 bits per heavy atom. The third-order valence-electron chi connectivity index (χ3n) is 3.50. The smallest absolute Gasteiger partial charge is 0.323 e. The number of β-amino-alcohol motifs (C(OH)–C–C–N with tert-alkyl or cyclic N) is 1. The Morgan fingerprint density at radius 2 is 2.37 bits per heavy atom. The van der Waals surface area contributed by atoms with Crippen LogP contribution in [0.4, 0.5) is 0 Å². The fourth-order valence-corrected chi connectivity index (χ4v) is 2.55. The summed E-state index contributed by atoms with van der Waals surface area (Å²) in [5.41, 5.74) is 0. The molecule has 6 nitrogen and oxygen atoms in total. The molecule has 2 atom stereocenters. The average molecular weight is 267 g/mol. The first-order valence-corrected chi connectivity index (χ1v) is 6.54. The minimum absolute atomic E-state index is 0.292. The van der Waals surface area contributed by atoms with Gasteiger partial charge in [0.05, 0.1) is 19.8 Å². The van der Waals surface area contributed by atoms with Crippen LogP contribution in [0.1, 0.15) is 32.1 Å². The Hall–Kier alpha value is -1.40. The molecule has 1 aliphatic heterocycles. The summed E-state index contributed by atoms with van der Waals surface area (Å²) in [5, 5.41) is 9.74. The van der Waals surface area contributed by atoms with Crippen molar-refractivity contribution in [3.05, 3.63) is 18.2 Å². The number of ether oxygens (including phenoxy) is 1. The Bertz CT molecular complexity index is 444. The zero-order valence-electron chi connectivity index (χ0n) is 11.6. The van der Waals surface area contributed by atoms with Gasteiger partial charge < -0.3 is 14.4 Å². The number of hydrogen-bond acceptors (Lipinski definition) is 5. The standard InChI is InChI=1S/C13H21N3O3/c1-9(2)16-5-4-14-12(16)8-15-7-10(17)6-11(15)13(18)19-3/h4-5,9-11,17H,6-8H2,1-3H3/t10-,11+/m1/s1. The van der Waals surface area contributed by atoms with E-state index in [0.717, 1.165) is 5.82 Å². The highest BCUT2D eigenvalue weighted by Gasteiger charge is 2.37. The van der Waals surface area contributed by atoms with Crippen LogP contribution in [-0.2, 0) is 16.1 Å². The molecule has 0 aliphatic carbocycles. The van der Waals surface area contributed by atoms with E-state index in [-0.39, 0.29) is 12.0 Å². The van der Waals surface area contributed by atoms with Crippen molar-refractivity contribution in [2.45, 2.75) is 45.0 Å². The molecular weight excluding hydrogens is 246 g/mol. The number of nitrogens with zero attached hydrogens (tertiary/aromatic N) is 3. The van der Waals surface area contributed by atoms with Crippen molar-refractivity contribution in [3.8, 4) is 0 Å². The Balaban J connectivity index is 2.12. The van der Waals surface area contributed by atoms with E-state index in [2.05, 4.69) is 23.4 Å². The van der Waals surface area contributed by atoms with E-state index in [4.69, 9.17) is 4.74 Å². The van der Waals surface area contributed by atoms with Gasteiger partial charge in [0.1, 0.15) is 11.9 Å². The second-order valence-corrected chi connectivity index (χ2v) is 5.20. The lowest BCUT2D eigenvalue weighted by Gasteiger charge is -2.22. The molecule has 19 heavy (non-hydrogen) atoms. The van der Waals surface area contributed by atoms with Crippen LogP contribution in [0.25, 0.3) is 0 Å². The zero-order chi connectivity index (χ0) is 14.0. The molecule has 0 spiro atoms. The molecular formula is C13H21N3O3. The highest BCUT2D eigenvalue weighted by Crippen LogP contribution is 2.22. The molecule has 1 aromatic rings. The van der Waals surface area contributed by atoms with Crippen molar-refractivity contribution in [3.63, 3.8) is 0 Å². The molecule has 0 amide bonds. The normalized spacial score (nSPS) is 24.1. The molecule has 6 heteroatoms. The van der Waals surface area contributed by atoms with E-state index >= 15 is 0 Å². The molecule has 1 aromatic heterocycles. The summed E-state index contributed by atoms with van der Waals surface area (Å²) in [4.78, 5) is 18.0. The first-order chi connectivity index (χ1) is 9.02. The Morgan fingerprint density at radius 3 is 3.00 bits per heavy atom. The number of aliphatic hydroxyl groups excluding tert-OH is 1. The number of hydrogen-bond donors (Lipinski definition) is 1. The number of methoxy groups -OCH3 is 1. The van der Waals surface area contributed by atoms with Gasteiger partial charge in [-0.05, 0) is 13.8 Å². The van der Waals surface area contributed by atoms with Gasteiger partial charge in [-0.2, -0.15) is 0 Å². The summed E-state index contributed by atoms with van der Waals surface area (Å²) < 4.78 is 6.86. The minimum Gasteiger partial charge on any atom is -0.468 e. The molecule has 1 saturated heterocycles. The summed E-state index contributed by atoms with van der Waals surface area (Å²) in [6.45, 7) is 5.19. The number of rotatable bonds is 4. The molecule has 106 valence electrons. The maximum atomic E-state index is 11.7. The van der Waals surface area contributed by atoms with E-state index < -0.39 is 6.10 Å². The third kappa shape index (κ3) is 2.96. The highest BCUT2D eigenvalue weighted by molar-refractivity contribution is 5.76. The lowest BCUT2D eigenvalue weighted by Crippen LogP contribution is -2.37. The lowest BCUT2D eigenvalue weighted by molar-refractivity contribution is -0.146. The molecule has 1 aliphatic rings. The summed E-state index contributed by atoms with van der Waals surface area (Å²) in [7, 11) is 1.38. The fraction of sp³-hybridized carbons (Fsp3) is 0.692. The number of likely N-dealkylation sites (tertiary alicyclic amines) is 1. The van der Waals surface area contributed by atoms with Gasteiger partial charge in [-0.1, -0.05) is 0 Å². The van der Waals surface area contributed by atoms with Crippen molar-refractivity contribution in [2.75, 3.05) is 13.7 Å². The molecule has 1 fully saturated rings. The number of imidazole rings is 1. The lowest BCUT2D eigenvalue weighted by atomic mass is 10.2. The topological polar surface area (TPSA) is 67.6 Å². The minimum atomic E-state index is -0.480. The van der Waals surface area contributed by atoms with E-state index in [9.17, 15) is 9.90 Å². The first kappa shape index (κ1) is 14.0. The largest absolute Gasteiger partial charge is 0.468 e. The molecule has 0 unspecified atom stereocenters. The summed E-state index contributed by atoms with van der Waals surface area (Å²) in [5.74, 6) is 0.609. The summed E-state index contributed by atoms with van der Waals surface area (Å²) in [6, 6.07) is -0.0566. The average Bonchev–Trinajstić information content (AvgIpc) is 2.95. The SMILES string of the molecule is COC(=O)[C@@H]1C[C@@H](O)CN1Cc1nccn1C(C)C. The second-order valence-electron chi connectivity index (χ2n) is 5.20. The van der Waals surface area contributed by atoms with Crippen LogP contribution in [0, 0.1) is 0 Å². The van der Waals surface area contributed by atoms with Gasteiger partial charge in [-0.15, -0.1) is 0 Å². The van der Waals surface area contributed by atoms with Gasteiger partial charge in [-0.25, -0.2) is 4.98 Å². The van der Waals surface area contributed by atoms with Gasteiger partial charge in [-0.3, -0.25) is 9.69 Å².